The van der Waals surface area contributed by atoms with Gasteiger partial charge in [-0.3, -0.25) is 0 Å². The highest BCUT2D eigenvalue weighted by atomic mass is 79.9. The first kappa shape index (κ1) is 12.0. The fourth-order valence-electron chi connectivity index (χ4n) is 4.24. The lowest BCUT2D eigenvalue weighted by Crippen LogP contribution is -2.44. The summed E-state index contributed by atoms with van der Waals surface area (Å²) in [5.74, 6) is 0.666. The van der Waals surface area contributed by atoms with Gasteiger partial charge in [0.25, 0.3) is 0 Å². The smallest absolute Gasteiger partial charge is 0.139 e. The molecule has 3 unspecified atom stereocenters. The van der Waals surface area contributed by atoms with Crippen LogP contribution >= 0.6 is 15.9 Å². The number of benzene rings is 1. The Balaban J connectivity index is 1.77. The second kappa shape index (κ2) is 4.37. The highest BCUT2D eigenvalue weighted by Crippen LogP contribution is 2.47. The number of anilines is 2. The number of nitrogens with one attached hydrogen (secondary N) is 1. The zero-order chi connectivity index (χ0) is 13.0. The Kier molecular flexibility index (Phi) is 2.76. The van der Waals surface area contributed by atoms with Gasteiger partial charge in [0, 0.05) is 24.7 Å². The van der Waals surface area contributed by atoms with Gasteiger partial charge in [0.15, 0.2) is 0 Å². The van der Waals surface area contributed by atoms with Crippen molar-refractivity contribution in [1.82, 2.24) is 0 Å². The van der Waals surface area contributed by atoms with Gasteiger partial charge in [-0.15, -0.1) is 0 Å². The molecule has 0 spiro atoms. The summed E-state index contributed by atoms with van der Waals surface area (Å²) in [5, 5.41) is 3.41. The number of hydrogen-bond donors (Lipinski definition) is 1. The average Bonchev–Trinajstić information content (AvgIpc) is 2.79. The number of fused-ring (bicyclic) bond motifs is 5. The summed E-state index contributed by atoms with van der Waals surface area (Å²) in [6, 6.07) is 4.86. The second-order valence-electron chi connectivity index (χ2n) is 6.07. The monoisotopic (exact) mass is 324 g/mol. The maximum atomic E-state index is 13.7. The third kappa shape index (κ3) is 1.79. The molecule has 1 saturated heterocycles. The molecule has 4 rings (SSSR count). The summed E-state index contributed by atoms with van der Waals surface area (Å²) >= 11 is 3.33. The molecule has 1 aromatic rings. The molecule has 0 radical (unpaired) electrons. The molecule has 3 atom stereocenters. The van der Waals surface area contributed by atoms with Crippen molar-refractivity contribution >= 4 is 27.3 Å². The van der Waals surface area contributed by atoms with Crippen molar-refractivity contribution in [3.05, 3.63) is 22.4 Å². The van der Waals surface area contributed by atoms with E-state index in [1.165, 1.54) is 37.8 Å². The van der Waals surface area contributed by atoms with Gasteiger partial charge in [0.05, 0.1) is 15.8 Å². The van der Waals surface area contributed by atoms with Crippen LogP contribution in [0.15, 0.2) is 16.6 Å². The van der Waals surface area contributed by atoms with Gasteiger partial charge in [-0.05, 0) is 47.2 Å². The Bertz CT molecular complexity index is 519. The molecule has 1 saturated carbocycles. The molecule has 4 heteroatoms. The SMILES string of the molecule is Fc1cc2c(cc1Br)N1C(CN2)CC2CCCCC21. The maximum absolute atomic E-state index is 13.7. The van der Waals surface area contributed by atoms with E-state index in [0.29, 0.717) is 16.6 Å². The van der Waals surface area contributed by atoms with Crippen molar-refractivity contribution in [3.8, 4) is 0 Å². The van der Waals surface area contributed by atoms with Crippen LogP contribution in [0.2, 0.25) is 0 Å². The van der Waals surface area contributed by atoms with Gasteiger partial charge in [-0.2, -0.15) is 0 Å². The molecule has 1 aromatic carbocycles. The molecule has 0 bridgehead atoms. The summed E-state index contributed by atoms with van der Waals surface area (Å²) in [5.41, 5.74) is 2.15. The molecule has 2 fully saturated rings. The first-order valence-corrected chi connectivity index (χ1v) is 8.04. The van der Waals surface area contributed by atoms with Crippen LogP contribution in [0.4, 0.5) is 15.8 Å². The Morgan fingerprint density at radius 3 is 3.00 bits per heavy atom. The van der Waals surface area contributed by atoms with E-state index < -0.39 is 0 Å². The van der Waals surface area contributed by atoms with Crippen molar-refractivity contribution in [2.24, 2.45) is 5.92 Å². The minimum absolute atomic E-state index is 0.177. The standard InChI is InChI=1S/C15H18BrFN2/c16-11-6-15-13(7-12(11)17)18-8-10-5-9-3-1-2-4-14(9)19(10)15/h6-7,9-10,14,18H,1-5,8H2. The molecule has 0 aromatic heterocycles. The van der Waals surface area contributed by atoms with Gasteiger partial charge >= 0.3 is 0 Å². The predicted molar refractivity (Wildman–Crippen MR) is 79.2 cm³/mol. The van der Waals surface area contributed by atoms with Crippen molar-refractivity contribution in [3.63, 3.8) is 0 Å². The predicted octanol–water partition coefficient (Wildman–Crippen LogP) is 4.15. The highest BCUT2D eigenvalue weighted by Gasteiger charge is 2.44. The molecule has 1 N–H and O–H groups in total. The number of rotatable bonds is 0. The van der Waals surface area contributed by atoms with Crippen molar-refractivity contribution < 1.29 is 4.39 Å². The second-order valence-corrected chi connectivity index (χ2v) is 6.93. The number of hydrogen-bond acceptors (Lipinski definition) is 2. The third-order valence-corrected chi connectivity index (χ3v) is 5.65. The van der Waals surface area contributed by atoms with Crippen LogP contribution in [0.5, 0.6) is 0 Å². The number of halogens is 2. The van der Waals surface area contributed by atoms with E-state index in [2.05, 4.69) is 26.1 Å². The van der Waals surface area contributed by atoms with E-state index in [9.17, 15) is 4.39 Å². The summed E-state index contributed by atoms with van der Waals surface area (Å²) in [6.07, 6.45) is 6.70. The van der Waals surface area contributed by atoms with Crippen LogP contribution in [-0.4, -0.2) is 18.6 Å². The molecule has 2 nitrogen and oxygen atoms in total. The lowest BCUT2D eigenvalue weighted by molar-refractivity contribution is 0.342. The zero-order valence-corrected chi connectivity index (χ0v) is 12.4. The van der Waals surface area contributed by atoms with Crippen LogP contribution in [-0.2, 0) is 0 Å². The van der Waals surface area contributed by atoms with Crippen molar-refractivity contribution in [2.45, 2.75) is 44.2 Å². The fraction of sp³-hybridized carbons (Fsp3) is 0.600. The van der Waals surface area contributed by atoms with Crippen LogP contribution in [0.3, 0.4) is 0 Å². The Morgan fingerprint density at radius 2 is 2.11 bits per heavy atom. The summed E-state index contributed by atoms with van der Waals surface area (Å²) < 4.78 is 14.3. The normalized spacial score (nSPS) is 32.3. The van der Waals surface area contributed by atoms with E-state index >= 15 is 0 Å². The molecular weight excluding hydrogens is 307 g/mol. The Morgan fingerprint density at radius 1 is 1.26 bits per heavy atom. The van der Waals surface area contributed by atoms with Gasteiger partial charge in [0.1, 0.15) is 5.82 Å². The van der Waals surface area contributed by atoms with Crippen molar-refractivity contribution in [2.75, 3.05) is 16.8 Å². The van der Waals surface area contributed by atoms with Gasteiger partial charge in [0.2, 0.25) is 0 Å². The molecule has 2 heterocycles. The summed E-state index contributed by atoms with van der Waals surface area (Å²) in [6.45, 7) is 0.959. The fourth-order valence-corrected chi connectivity index (χ4v) is 4.57. The summed E-state index contributed by atoms with van der Waals surface area (Å²) in [4.78, 5) is 2.58. The Labute approximate surface area is 121 Å². The van der Waals surface area contributed by atoms with E-state index in [0.717, 1.165) is 18.2 Å². The van der Waals surface area contributed by atoms with Crippen LogP contribution < -0.4 is 10.2 Å². The molecule has 19 heavy (non-hydrogen) atoms. The lowest BCUT2D eigenvalue weighted by Gasteiger charge is -2.40. The first-order chi connectivity index (χ1) is 9.24. The molecule has 2 aliphatic heterocycles. The van der Waals surface area contributed by atoms with Gasteiger partial charge in [-0.1, -0.05) is 12.8 Å². The van der Waals surface area contributed by atoms with Gasteiger partial charge < -0.3 is 10.2 Å². The molecule has 0 amide bonds. The van der Waals surface area contributed by atoms with Gasteiger partial charge in [-0.25, -0.2) is 4.39 Å². The minimum Gasteiger partial charge on any atom is -0.381 e. The Hall–Kier alpha value is -0.770. The maximum Gasteiger partial charge on any atom is 0.139 e. The molecule has 102 valence electrons. The van der Waals surface area contributed by atoms with Crippen LogP contribution in [0.1, 0.15) is 32.1 Å². The summed E-state index contributed by atoms with van der Waals surface area (Å²) in [7, 11) is 0. The topological polar surface area (TPSA) is 15.3 Å². The van der Waals surface area contributed by atoms with Crippen molar-refractivity contribution in [1.29, 1.82) is 0 Å². The molecule has 1 aliphatic carbocycles. The van der Waals surface area contributed by atoms with Crippen LogP contribution in [0.25, 0.3) is 0 Å². The largest absolute Gasteiger partial charge is 0.381 e. The molecular formula is C15H18BrFN2. The first-order valence-electron chi connectivity index (χ1n) is 7.25. The van der Waals surface area contributed by atoms with E-state index in [-0.39, 0.29) is 5.82 Å². The zero-order valence-electron chi connectivity index (χ0n) is 10.8. The highest BCUT2D eigenvalue weighted by molar-refractivity contribution is 9.10. The van der Waals surface area contributed by atoms with E-state index in [1.54, 1.807) is 6.07 Å². The third-order valence-electron chi connectivity index (χ3n) is 5.04. The minimum atomic E-state index is -0.177. The quantitative estimate of drug-likeness (QED) is 0.771. The van der Waals surface area contributed by atoms with Crippen LogP contribution in [0, 0.1) is 11.7 Å². The van der Waals surface area contributed by atoms with E-state index in [1.807, 2.05) is 6.07 Å². The lowest BCUT2D eigenvalue weighted by atomic mass is 9.85. The molecule has 3 aliphatic rings. The average molecular weight is 325 g/mol. The van der Waals surface area contributed by atoms with E-state index in [4.69, 9.17) is 0 Å². The number of nitrogens with zero attached hydrogens (tertiary/aromatic N) is 1.